The first-order valence-corrected chi connectivity index (χ1v) is 12.1. The van der Waals surface area contributed by atoms with Gasteiger partial charge in [0.25, 0.3) is 0 Å². The summed E-state index contributed by atoms with van der Waals surface area (Å²) in [5, 5.41) is 8.16. The zero-order valence-corrected chi connectivity index (χ0v) is 20.8. The lowest BCUT2D eigenvalue weighted by atomic mass is 9.97. The van der Waals surface area contributed by atoms with Crippen LogP contribution in [0.15, 0.2) is 47.0 Å². The number of aryl methyl sites for hydroxylation is 1. The van der Waals surface area contributed by atoms with Crippen molar-refractivity contribution in [2.24, 2.45) is 5.92 Å². The summed E-state index contributed by atoms with van der Waals surface area (Å²) < 4.78 is 11.3. The summed E-state index contributed by atoms with van der Waals surface area (Å²) in [7, 11) is 0. The van der Waals surface area contributed by atoms with E-state index in [9.17, 15) is 4.79 Å². The molecule has 0 spiro atoms. The first-order valence-electron chi connectivity index (χ1n) is 11.4. The number of carbonyl (C=O) groups excluding carboxylic acids is 1. The maximum Gasteiger partial charge on any atom is 0.241 e. The number of benzene rings is 2. The molecular formula is C25H28Cl2N4O3. The average molecular weight is 503 g/mol. The number of ether oxygens (including phenoxy) is 1. The van der Waals surface area contributed by atoms with Gasteiger partial charge >= 0.3 is 0 Å². The molecule has 2 atom stereocenters. The molecule has 0 saturated carbocycles. The lowest BCUT2D eigenvalue weighted by Gasteiger charge is -2.31. The molecule has 9 heteroatoms. The van der Waals surface area contributed by atoms with Gasteiger partial charge in [0, 0.05) is 17.1 Å². The van der Waals surface area contributed by atoms with Crippen LogP contribution in [-0.4, -0.2) is 46.7 Å². The van der Waals surface area contributed by atoms with Gasteiger partial charge in [-0.3, -0.25) is 9.69 Å². The molecule has 180 valence electrons. The number of rotatable bonds is 8. The van der Waals surface area contributed by atoms with Crippen LogP contribution in [-0.2, 0) is 11.3 Å². The Bertz CT molecular complexity index is 1140. The highest BCUT2D eigenvalue weighted by Gasteiger charge is 2.28. The lowest BCUT2D eigenvalue weighted by molar-refractivity contribution is -0.127. The Labute approximate surface area is 209 Å². The Morgan fingerprint density at radius 2 is 2.12 bits per heavy atom. The van der Waals surface area contributed by atoms with Crippen molar-refractivity contribution < 1.29 is 14.1 Å². The van der Waals surface area contributed by atoms with Crippen molar-refractivity contribution in [3.8, 4) is 17.1 Å². The SMILES string of the molecule is Cc1ccccc1OCC(C)NC(=O)C1CCCN(Cc2nc(-c3ccc(Cl)cc3Cl)no2)C1. The molecule has 0 bridgehead atoms. The standard InChI is InChI=1S/C25H28Cl2N4O3/c1-16-6-3-4-8-22(16)33-15-17(2)28-25(32)18-7-5-11-31(13-18)14-23-29-24(30-34-23)20-10-9-19(26)12-21(20)27/h3-4,6,8-10,12,17-18H,5,7,11,13-15H2,1-2H3,(H,28,32). The minimum absolute atomic E-state index is 0.0461. The molecule has 4 rings (SSSR count). The van der Waals surface area contributed by atoms with E-state index in [1.807, 2.05) is 38.1 Å². The maximum atomic E-state index is 12.9. The fourth-order valence-corrected chi connectivity index (χ4v) is 4.53. The van der Waals surface area contributed by atoms with E-state index in [4.69, 9.17) is 32.5 Å². The van der Waals surface area contributed by atoms with Gasteiger partial charge in [-0.2, -0.15) is 4.98 Å². The highest BCUT2D eigenvalue weighted by Crippen LogP contribution is 2.29. The van der Waals surface area contributed by atoms with Crippen LogP contribution in [0.4, 0.5) is 0 Å². The highest BCUT2D eigenvalue weighted by atomic mass is 35.5. The lowest BCUT2D eigenvalue weighted by Crippen LogP contribution is -2.46. The molecule has 1 aliphatic heterocycles. The van der Waals surface area contributed by atoms with Crippen molar-refractivity contribution in [1.82, 2.24) is 20.4 Å². The number of halogens is 2. The molecule has 3 aromatic rings. The smallest absolute Gasteiger partial charge is 0.241 e. The zero-order chi connectivity index (χ0) is 24.1. The summed E-state index contributed by atoms with van der Waals surface area (Å²) in [6.07, 6.45) is 1.78. The molecule has 0 aliphatic carbocycles. The predicted octanol–water partition coefficient (Wildman–Crippen LogP) is 5.15. The van der Waals surface area contributed by atoms with Gasteiger partial charge in [0.1, 0.15) is 12.4 Å². The molecule has 2 heterocycles. The molecule has 1 saturated heterocycles. The molecule has 2 unspecified atom stereocenters. The van der Waals surface area contributed by atoms with E-state index >= 15 is 0 Å². The van der Waals surface area contributed by atoms with E-state index in [1.54, 1.807) is 18.2 Å². The van der Waals surface area contributed by atoms with E-state index in [-0.39, 0.29) is 17.9 Å². The molecule has 1 N–H and O–H groups in total. The Kier molecular flexibility index (Phi) is 8.08. The van der Waals surface area contributed by atoms with Gasteiger partial charge in [0.05, 0.1) is 23.5 Å². The number of amides is 1. The van der Waals surface area contributed by atoms with Crippen LogP contribution >= 0.6 is 23.2 Å². The number of aromatic nitrogens is 2. The number of likely N-dealkylation sites (tertiary alicyclic amines) is 1. The summed E-state index contributed by atoms with van der Waals surface area (Å²) in [5.74, 6) is 1.70. The van der Waals surface area contributed by atoms with Crippen LogP contribution in [0.5, 0.6) is 5.75 Å². The van der Waals surface area contributed by atoms with Crippen molar-refractivity contribution in [3.63, 3.8) is 0 Å². The molecule has 7 nitrogen and oxygen atoms in total. The van der Waals surface area contributed by atoms with Crippen LogP contribution in [0.1, 0.15) is 31.2 Å². The van der Waals surface area contributed by atoms with Gasteiger partial charge in [-0.1, -0.05) is 46.6 Å². The van der Waals surface area contributed by atoms with Crippen LogP contribution in [0.3, 0.4) is 0 Å². The molecule has 1 fully saturated rings. The van der Waals surface area contributed by atoms with E-state index in [1.165, 1.54) is 0 Å². The number of nitrogens with zero attached hydrogens (tertiary/aromatic N) is 3. The molecular weight excluding hydrogens is 475 g/mol. The van der Waals surface area contributed by atoms with Crippen molar-refractivity contribution >= 4 is 29.1 Å². The number of carbonyl (C=O) groups is 1. The number of piperidine rings is 1. The van der Waals surface area contributed by atoms with Crippen LogP contribution < -0.4 is 10.1 Å². The summed E-state index contributed by atoms with van der Waals surface area (Å²) in [6.45, 7) is 6.37. The van der Waals surface area contributed by atoms with E-state index in [0.29, 0.717) is 47.0 Å². The van der Waals surface area contributed by atoms with Crippen molar-refractivity contribution in [2.75, 3.05) is 19.7 Å². The zero-order valence-electron chi connectivity index (χ0n) is 19.3. The summed E-state index contributed by atoms with van der Waals surface area (Å²) >= 11 is 12.2. The van der Waals surface area contributed by atoms with Gasteiger partial charge in [0.2, 0.25) is 17.6 Å². The largest absolute Gasteiger partial charge is 0.491 e. The maximum absolute atomic E-state index is 12.9. The van der Waals surface area contributed by atoms with Crippen LogP contribution in [0.25, 0.3) is 11.4 Å². The Morgan fingerprint density at radius 3 is 2.91 bits per heavy atom. The number of hydrogen-bond donors (Lipinski definition) is 1. The quantitative estimate of drug-likeness (QED) is 0.458. The summed E-state index contributed by atoms with van der Waals surface area (Å²) in [5.41, 5.74) is 1.74. The minimum atomic E-state index is -0.0947. The third kappa shape index (κ3) is 6.29. The molecule has 1 aliphatic rings. The second kappa shape index (κ2) is 11.2. The molecule has 2 aromatic carbocycles. The van der Waals surface area contributed by atoms with Gasteiger partial charge in [-0.25, -0.2) is 0 Å². The van der Waals surface area contributed by atoms with E-state index < -0.39 is 0 Å². The molecule has 1 amide bonds. The third-order valence-electron chi connectivity index (χ3n) is 5.85. The number of nitrogens with one attached hydrogen (secondary N) is 1. The monoisotopic (exact) mass is 502 g/mol. The molecule has 34 heavy (non-hydrogen) atoms. The average Bonchev–Trinajstić information content (AvgIpc) is 3.26. The van der Waals surface area contributed by atoms with Gasteiger partial charge in [0.15, 0.2) is 0 Å². The minimum Gasteiger partial charge on any atom is -0.491 e. The summed E-state index contributed by atoms with van der Waals surface area (Å²) in [6, 6.07) is 12.9. The van der Waals surface area contributed by atoms with Crippen molar-refractivity contribution in [3.05, 3.63) is 64.0 Å². The van der Waals surface area contributed by atoms with E-state index in [0.717, 1.165) is 30.7 Å². The number of para-hydroxylation sites is 1. The highest BCUT2D eigenvalue weighted by molar-refractivity contribution is 6.36. The first-order chi connectivity index (χ1) is 16.4. The second-order valence-corrected chi connectivity index (χ2v) is 9.54. The number of hydrogen-bond acceptors (Lipinski definition) is 6. The second-order valence-electron chi connectivity index (χ2n) is 8.70. The Balaban J connectivity index is 1.29. The van der Waals surface area contributed by atoms with Crippen LogP contribution in [0, 0.1) is 12.8 Å². The van der Waals surface area contributed by atoms with Gasteiger partial charge in [-0.15, -0.1) is 0 Å². The fourth-order valence-electron chi connectivity index (χ4n) is 4.04. The Morgan fingerprint density at radius 1 is 1.29 bits per heavy atom. The fraction of sp³-hybridized carbons (Fsp3) is 0.400. The topological polar surface area (TPSA) is 80.5 Å². The van der Waals surface area contributed by atoms with Crippen molar-refractivity contribution in [1.29, 1.82) is 0 Å². The molecule has 1 aromatic heterocycles. The predicted molar refractivity (Wildman–Crippen MR) is 132 cm³/mol. The van der Waals surface area contributed by atoms with Crippen LogP contribution in [0.2, 0.25) is 10.0 Å². The van der Waals surface area contributed by atoms with E-state index in [2.05, 4.69) is 20.4 Å². The summed E-state index contributed by atoms with van der Waals surface area (Å²) in [4.78, 5) is 19.5. The van der Waals surface area contributed by atoms with Gasteiger partial charge < -0.3 is 14.6 Å². The normalized spacial score (nSPS) is 17.4. The van der Waals surface area contributed by atoms with Gasteiger partial charge in [-0.05, 0) is 63.1 Å². The Hall–Kier alpha value is -2.61. The first kappa shape index (κ1) is 24.5. The van der Waals surface area contributed by atoms with Crippen molar-refractivity contribution in [2.45, 2.75) is 39.3 Å². The molecule has 0 radical (unpaired) electrons. The third-order valence-corrected chi connectivity index (χ3v) is 6.39.